The third-order valence-corrected chi connectivity index (χ3v) is 4.17. The van der Waals surface area contributed by atoms with Crippen LogP contribution in [0.2, 0.25) is 0 Å². The molecule has 0 aliphatic carbocycles. The first-order valence-electron chi connectivity index (χ1n) is 6.99. The number of aryl methyl sites for hydroxylation is 1. The largest absolute Gasteiger partial charge is 0.351 e. The van der Waals surface area contributed by atoms with E-state index in [-0.39, 0.29) is 17.9 Å². The molecule has 6 heteroatoms. The Morgan fingerprint density at radius 3 is 2.91 bits per heavy atom. The minimum Gasteiger partial charge on any atom is -0.351 e. The molecule has 22 heavy (non-hydrogen) atoms. The lowest BCUT2D eigenvalue weighted by Gasteiger charge is -2.04. The second-order valence-corrected chi connectivity index (χ2v) is 5.92. The van der Waals surface area contributed by atoms with Gasteiger partial charge in [-0.1, -0.05) is 18.2 Å². The Kier molecular flexibility index (Phi) is 4.29. The highest BCUT2D eigenvalue weighted by atomic mass is 32.1. The van der Waals surface area contributed by atoms with Gasteiger partial charge in [0.2, 0.25) is 5.91 Å². The highest BCUT2D eigenvalue weighted by Gasteiger charge is 2.08. The second-order valence-electron chi connectivity index (χ2n) is 4.89. The summed E-state index contributed by atoms with van der Waals surface area (Å²) in [5.41, 5.74) is 1.60. The first kappa shape index (κ1) is 14.5. The molecule has 2 heterocycles. The zero-order valence-electron chi connectivity index (χ0n) is 11.8. The molecule has 3 rings (SSSR count). The monoisotopic (exact) mass is 313 g/mol. The number of benzene rings is 1. The maximum absolute atomic E-state index is 11.9. The number of fused-ring (bicyclic) bond motifs is 1. The third kappa shape index (κ3) is 3.40. The van der Waals surface area contributed by atoms with E-state index in [4.69, 9.17) is 0 Å². The van der Waals surface area contributed by atoms with Crippen molar-refractivity contribution < 1.29 is 4.79 Å². The van der Waals surface area contributed by atoms with E-state index in [2.05, 4.69) is 15.3 Å². The number of hydrogen-bond acceptors (Lipinski definition) is 4. The van der Waals surface area contributed by atoms with Crippen molar-refractivity contribution in [2.75, 3.05) is 0 Å². The molecule has 5 nitrogen and oxygen atoms in total. The first-order valence-corrected chi connectivity index (χ1v) is 7.87. The molecule has 112 valence electrons. The lowest BCUT2D eigenvalue weighted by Crippen LogP contribution is -2.24. The number of aromatic nitrogens is 2. The van der Waals surface area contributed by atoms with Crippen molar-refractivity contribution in [3.63, 3.8) is 0 Å². The molecule has 0 atom stereocenters. The number of carbonyl (C=O) groups is 1. The van der Waals surface area contributed by atoms with Crippen molar-refractivity contribution in [1.82, 2.24) is 15.3 Å². The minimum atomic E-state index is -0.232. The highest BCUT2D eigenvalue weighted by Crippen LogP contribution is 2.08. The molecule has 0 bridgehead atoms. The van der Waals surface area contributed by atoms with Crippen molar-refractivity contribution >= 4 is 28.3 Å². The van der Waals surface area contributed by atoms with Crippen LogP contribution >= 0.6 is 11.3 Å². The molecule has 0 unspecified atom stereocenters. The SMILES string of the molecule is O=C(CCc1nc2ccccc2[nH]c1=O)NCc1cccs1. The first-order chi connectivity index (χ1) is 10.7. The van der Waals surface area contributed by atoms with Gasteiger partial charge in [-0.3, -0.25) is 9.59 Å². The number of amides is 1. The maximum atomic E-state index is 11.9. The van der Waals surface area contributed by atoms with E-state index in [0.29, 0.717) is 24.2 Å². The Labute approximate surface area is 131 Å². The molecule has 0 spiro atoms. The normalized spacial score (nSPS) is 10.7. The van der Waals surface area contributed by atoms with Crippen molar-refractivity contribution in [3.8, 4) is 0 Å². The third-order valence-electron chi connectivity index (χ3n) is 3.30. The van der Waals surface area contributed by atoms with Crippen molar-refractivity contribution in [3.05, 3.63) is 62.7 Å². The number of hydrogen-bond donors (Lipinski definition) is 2. The highest BCUT2D eigenvalue weighted by molar-refractivity contribution is 7.09. The zero-order valence-corrected chi connectivity index (χ0v) is 12.7. The Morgan fingerprint density at radius 2 is 2.09 bits per heavy atom. The summed E-state index contributed by atoms with van der Waals surface area (Å²) in [7, 11) is 0. The quantitative estimate of drug-likeness (QED) is 0.758. The number of nitrogens with zero attached hydrogens (tertiary/aromatic N) is 1. The van der Waals surface area contributed by atoms with Gasteiger partial charge in [0.15, 0.2) is 0 Å². The Hall–Kier alpha value is -2.47. The topological polar surface area (TPSA) is 74.8 Å². The summed E-state index contributed by atoms with van der Waals surface area (Å²) < 4.78 is 0. The van der Waals surface area contributed by atoms with Gasteiger partial charge in [0.05, 0.1) is 17.6 Å². The smallest absolute Gasteiger partial charge is 0.270 e. The van der Waals surface area contributed by atoms with Crippen LogP contribution in [0.5, 0.6) is 0 Å². The fourth-order valence-corrected chi connectivity index (χ4v) is 2.80. The number of H-pyrrole nitrogens is 1. The van der Waals surface area contributed by atoms with Crippen LogP contribution in [0.1, 0.15) is 17.0 Å². The fraction of sp³-hybridized carbons (Fsp3) is 0.188. The number of nitrogens with one attached hydrogen (secondary N) is 2. The predicted molar refractivity (Wildman–Crippen MR) is 86.9 cm³/mol. The summed E-state index contributed by atoms with van der Waals surface area (Å²) in [6, 6.07) is 11.3. The van der Waals surface area contributed by atoms with Gasteiger partial charge >= 0.3 is 0 Å². The van der Waals surface area contributed by atoms with E-state index in [1.54, 1.807) is 17.4 Å². The number of para-hydroxylation sites is 2. The Bertz CT molecular complexity index is 840. The lowest BCUT2D eigenvalue weighted by molar-refractivity contribution is -0.121. The average molecular weight is 313 g/mol. The van der Waals surface area contributed by atoms with E-state index in [1.807, 2.05) is 35.7 Å². The van der Waals surface area contributed by atoms with Gasteiger partial charge in [0.1, 0.15) is 5.69 Å². The molecule has 1 amide bonds. The predicted octanol–water partition coefficient (Wildman–Crippen LogP) is 2.23. The van der Waals surface area contributed by atoms with Crippen LogP contribution in [-0.4, -0.2) is 15.9 Å². The minimum absolute atomic E-state index is 0.0808. The van der Waals surface area contributed by atoms with Gasteiger partial charge in [-0.2, -0.15) is 0 Å². The van der Waals surface area contributed by atoms with E-state index in [0.717, 1.165) is 10.4 Å². The molecular formula is C16H15N3O2S. The number of thiophene rings is 1. The second kappa shape index (κ2) is 6.53. The van der Waals surface area contributed by atoms with Gasteiger partial charge < -0.3 is 10.3 Å². The summed E-state index contributed by atoms with van der Waals surface area (Å²) in [5.74, 6) is -0.0808. The van der Waals surface area contributed by atoms with Crippen LogP contribution < -0.4 is 10.9 Å². The number of aromatic amines is 1. The summed E-state index contributed by atoms with van der Waals surface area (Å²) in [6.45, 7) is 0.526. The molecule has 1 aromatic carbocycles. The van der Waals surface area contributed by atoms with Crippen LogP contribution in [0.4, 0.5) is 0 Å². The van der Waals surface area contributed by atoms with Crippen molar-refractivity contribution in [1.29, 1.82) is 0 Å². The fourth-order valence-electron chi connectivity index (χ4n) is 2.16. The van der Waals surface area contributed by atoms with Gasteiger partial charge in [-0.05, 0) is 23.6 Å². The summed E-state index contributed by atoms with van der Waals surface area (Å²) in [6.07, 6.45) is 0.580. The Balaban J connectivity index is 1.62. The van der Waals surface area contributed by atoms with E-state index >= 15 is 0 Å². The van der Waals surface area contributed by atoms with Gasteiger partial charge in [-0.15, -0.1) is 11.3 Å². The number of carbonyl (C=O) groups excluding carboxylic acids is 1. The molecule has 0 aliphatic heterocycles. The van der Waals surface area contributed by atoms with Crippen LogP contribution in [0, 0.1) is 0 Å². The van der Waals surface area contributed by atoms with Crippen LogP contribution in [0.25, 0.3) is 11.0 Å². The van der Waals surface area contributed by atoms with Gasteiger partial charge in [-0.25, -0.2) is 4.98 Å². The van der Waals surface area contributed by atoms with Gasteiger partial charge in [0.25, 0.3) is 5.56 Å². The molecule has 0 fully saturated rings. The van der Waals surface area contributed by atoms with E-state index < -0.39 is 0 Å². The van der Waals surface area contributed by atoms with Crippen LogP contribution in [0.15, 0.2) is 46.6 Å². The average Bonchev–Trinajstić information content (AvgIpc) is 3.04. The maximum Gasteiger partial charge on any atom is 0.270 e. The zero-order chi connectivity index (χ0) is 15.4. The number of rotatable bonds is 5. The summed E-state index contributed by atoms with van der Waals surface area (Å²) in [5, 5.41) is 4.82. The van der Waals surface area contributed by atoms with Crippen LogP contribution in [-0.2, 0) is 17.8 Å². The molecule has 0 saturated heterocycles. The van der Waals surface area contributed by atoms with Crippen molar-refractivity contribution in [2.24, 2.45) is 0 Å². The molecule has 3 aromatic rings. The van der Waals surface area contributed by atoms with E-state index in [1.165, 1.54) is 0 Å². The Morgan fingerprint density at radius 1 is 1.23 bits per heavy atom. The molecule has 0 aliphatic rings. The molecule has 2 N–H and O–H groups in total. The molecule has 2 aromatic heterocycles. The lowest BCUT2D eigenvalue weighted by atomic mass is 10.2. The summed E-state index contributed by atoms with van der Waals surface area (Å²) >= 11 is 1.60. The van der Waals surface area contributed by atoms with E-state index in [9.17, 15) is 9.59 Å². The molecule has 0 radical (unpaired) electrons. The van der Waals surface area contributed by atoms with Crippen molar-refractivity contribution in [2.45, 2.75) is 19.4 Å². The standard InChI is InChI=1S/C16H15N3O2S/c20-15(17-10-11-4-3-9-22-11)8-7-14-16(21)19-13-6-2-1-5-12(13)18-14/h1-6,9H,7-8,10H2,(H,17,20)(H,19,21). The van der Waals surface area contributed by atoms with Crippen LogP contribution in [0.3, 0.4) is 0 Å². The molecular weight excluding hydrogens is 298 g/mol. The summed E-state index contributed by atoms with van der Waals surface area (Å²) in [4.78, 5) is 32.0. The van der Waals surface area contributed by atoms with Gasteiger partial charge in [0, 0.05) is 17.7 Å². The molecule has 0 saturated carbocycles.